The third kappa shape index (κ3) is 4.58. The molecule has 2 aromatic rings. The van der Waals surface area contributed by atoms with Crippen molar-refractivity contribution in [1.29, 1.82) is 0 Å². The van der Waals surface area contributed by atoms with Crippen LogP contribution < -0.4 is 10.6 Å². The largest absolute Gasteiger partial charge is 0.368 e. The Morgan fingerprint density at radius 3 is 1.90 bits per heavy atom. The van der Waals surface area contributed by atoms with E-state index in [1.807, 2.05) is 6.07 Å². The molecule has 156 valence electrons. The number of ketones is 1. The van der Waals surface area contributed by atoms with Crippen molar-refractivity contribution in [3.63, 3.8) is 0 Å². The molecule has 2 N–H and O–H groups in total. The molecule has 0 saturated carbocycles. The fourth-order valence-corrected chi connectivity index (χ4v) is 3.65. The summed E-state index contributed by atoms with van der Waals surface area (Å²) >= 11 is 0. The van der Waals surface area contributed by atoms with Crippen LogP contribution in [0, 0.1) is 0 Å². The van der Waals surface area contributed by atoms with Crippen molar-refractivity contribution in [2.24, 2.45) is 0 Å². The van der Waals surface area contributed by atoms with Crippen LogP contribution in [0.4, 0.5) is 11.4 Å². The summed E-state index contributed by atoms with van der Waals surface area (Å²) in [6.45, 7) is 1.11. The van der Waals surface area contributed by atoms with Crippen LogP contribution in [-0.2, 0) is 19.1 Å². The molecule has 0 bridgehead atoms. The maximum atomic E-state index is 12.8. The van der Waals surface area contributed by atoms with Gasteiger partial charge in [0.1, 0.15) is 12.2 Å². The second-order valence-electron chi connectivity index (χ2n) is 7.44. The first-order valence-electron chi connectivity index (χ1n) is 10.2. The first-order chi connectivity index (χ1) is 14.6. The van der Waals surface area contributed by atoms with Gasteiger partial charge in [0, 0.05) is 24.3 Å². The van der Waals surface area contributed by atoms with Gasteiger partial charge in [-0.25, -0.2) is 0 Å². The second kappa shape index (κ2) is 9.19. The van der Waals surface area contributed by atoms with Gasteiger partial charge in [0.15, 0.2) is 5.78 Å². The molecule has 2 aromatic carbocycles. The molecule has 2 amide bonds. The zero-order valence-electron chi connectivity index (χ0n) is 16.6. The molecule has 2 unspecified atom stereocenters. The molecule has 0 radical (unpaired) electrons. The summed E-state index contributed by atoms with van der Waals surface area (Å²) in [5, 5.41) is 5.65. The molecule has 2 aliphatic heterocycles. The van der Waals surface area contributed by atoms with E-state index in [9.17, 15) is 14.4 Å². The van der Waals surface area contributed by atoms with Crippen LogP contribution in [0.25, 0.3) is 0 Å². The first-order valence-corrected chi connectivity index (χ1v) is 10.2. The molecule has 4 rings (SSSR count). The van der Waals surface area contributed by atoms with Gasteiger partial charge in [0.25, 0.3) is 11.8 Å². The molecule has 2 heterocycles. The summed E-state index contributed by atoms with van der Waals surface area (Å²) in [5.41, 5.74) is 1.75. The lowest BCUT2D eigenvalue weighted by Crippen LogP contribution is -2.29. The summed E-state index contributed by atoms with van der Waals surface area (Å²) in [7, 11) is 0. The number of hydrogen-bond donors (Lipinski definition) is 2. The zero-order valence-corrected chi connectivity index (χ0v) is 16.6. The summed E-state index contributed by atoms with van der Waals surface area (Å²) in [6, 6.07) is 13.8. The fraction of sp³-hybridized carbons (Fsp3) is 0.348. The maximum Gasteiger partial charge on any atom is 0.253 e. The van der Waals surface area contributed by atoms with E-state index in [1.54, 1.807) is 42.5 Å². The lowest BCUT2D eigenvalue weighted by molar-refractivity contribution is -0.125. The Labute approximate surface area is 174 Å². The molecule has 2 atom stereocenters. The van der Waals surface area contributed by atoms with E-state index in [4.69, 9.17) is 9.47 Å². The van der Waals surface area contributed by atoms with Crippen molar-refractivity contribution in [1.82, 2.24) is 0 Å². The van der Waals surface area contributed by atoms with Crippen LogP contribution in [0.15, 0.2) is 48.5 Å². The van der Waals surface area contributed by atoms with Crippen LogP contribution in [0.1, 0.15) is 41.6 Å². The molecule has 7 nitrogen and oxygen atoms in total. The predicted molar refractivity (Wildman–Crippen MR) is 112 cm³/mol. The van der Waals surface area contributed by atoms with E-state index in [0.29, 0.717) is 48.6 Å². The van der Waals surface area contributed by atoms with Crippen molar-refractivity contribution >= 4 is 29.0 Å². The highest BCUT2D eigenvalue weighted by molar-refractivity contribution is 6.11. The van der Waals surface area contributed by atoms with Gasteiger partial charge in [-0.15, -0.1) is 0 Å². The SMILES string of the molecule is O=C(c1ccccc1)c1ccc(NC(=O)C2CCCO2)c(NC(=O)C2CCCO2)c1. The summed E-state index contributed by atoms with van der Waals surface area (Å²) < 4.78 is 10.9. The number of carbonyl (C=O) groups excluding carboxylic acids is 3. The van der Waals surface area contributed by atoms with Gasteiger partial charge in [-0.1, -0.05) is 30.3 Å². The second-order valence-corrected chi connectivity index (χ2v) is 7.44. The molecule has 2 fully saturated rings. The van der Waals surface area contributed by atoms with E-state index < -0.39 is 12.2 Å². The number of ether oxygens (including phenoxy) is 2. The Morgan fingerprint density at radius 2 is 1.33 bits per heavy atom. The van der Waals surface area contributed by atoms with Crippen LogP contribution in [0.3, 0.4) is 0 Å². The van der Waals surface area contributed by atoms with Crippen molar-refractivity contribution in [2.45, 2.75) is 37.9 Å². The fourth-order valence-electron chi connectivity index (χ4n) is 3.65. The zero-order chi connectivity index (χ0) is 20.9. The highest BCUT2D eigenvalue weighted by atomic mass is 16.5. The first kappa shape index (κ1) is 20.3. The molecular weight excluding hydrogens is 384 g/mol. The van der Waals surface area contributed by atoms with Crippen LogP contribution >= 0.6 is 0 Å². The molecular formula is C23H24N2O5. The number of nitrogens with one attached hydrogen (secondary N) is 2. The Balaban J connectivity index is 1.59. The highest BCUT2D eigenvalue weighted by Gasteiger charge is 2.27. The topological polar surface area (TPSA) is 93.7 Å². The number of hydrogen-bond acceptors (Lipinski definition) is 5. The predicted octanol–water partition coefficient (Wildman–Crippen LogP) is 3.15. The minimum atomic E-state index is -0.528. The van der Waals surface area contributed by atoms with Gasteiger partial charge in [0.2, 0.25) is 0 Å². The number of anilines is 2. The summed E-state index contributed by atoms with van der Waals surface area (Å²) in [6.07, 6.45) is 1.94. The van der Waals surface area contributed by atoms with Crippen molar-refractivity contribution in [3.05, 3.63) is 59.7 Å². The average molecular weight is 408 g/mol. The van der Waals surface area contributed by atoms with Crippen LogP contribution in [0.2, 0.25) is 0 Å². The molecule has 30 heavy (non-hydrogen) atoms. The molecule has 0 spiro atoms. The van der Waals surface area contributed by atoms with Gasteiger partial charge in [-0.05, 0) is 43.9 Å². The molecule has 0 aromatic heterocycles. The molecule has 7 heteroatoms. The van der Waals surface area contributed by atoms with E-state index in [1.165, 1.54) is 0 Å². The Bertz CT molecular complexity index is 932. The monoisotopic (exact) mass is 408 g/mol. The maximum absolute atomic E-state index is 12.8. The summed E-state index contributed by atoms with van der Waals surface area (Å²) in [5.74, 6) is -0.716. The van der Waals surface area contributed by atoms with E-state index in [-0.39, 0.29) is 17.6 Å². The van der Waals surface area contributed by atoms with Crippen LogP contribution in [0.5, 0.6) is 0 Å². The van der Waals surface area contributed by atoms with Crippen molar-refractivity contribution < 1.29 is 23.9 Å². The van der Waals surface area contributed by atoms with Gasteiger partial charge in [-0.2, -0.15) is 0 Å². The van der Waals surface area contributed by atoms with E-state index >= 15 is 0 Å². The Kier molecular flexibility index (Phi) is 6.21. The van der Waals surface area contributed by atoms with Gasteiger partial charge in [-0.3, -0.25) is 14.4 Å². The minimum Gasteiger partial charge on any atom is -0.368 e. The van der Waals surface area contributed by atoms with Crippen LogP contribution in [-0.4, -0.2) is 43.0 Å². The average Bonchev–Trinajstić information content (AvgIpc) is 3.49. The van der Waals surface area contributed by atoms with Gasteiger partial charge < -0.3 is 20.1 Å². The molecule has 2 aliphatic rings. The van der Waals surface area contributed by atoms with Crippen molar-refractivity contribution in [3.8, 4) is 0 Å². The highest BCUT2D eigenvalue weighted by Crippen LogP contribution is 2.27. The van der Waals surface area contributed by atoms with Gasteiger partial charge >= 0.3 is 0 Å². The van der Waals surface area contributed by atoms with E-state index in [0.717, 1.165) is 12.8 Å². The normalized spacial score (nSPS) is 20.7. The van der Waals surface area contributed by atoms with Crippen molar-refractivity contribution in [2.75, 3.05) is 23.8 Å². The number of rotatable bonds is 6. The van der Waals surface area contributed by atoms with E-state index in [2.05, 4.69) is 10.6 Å². The standard InChI is InChI=1S/C23H24N2O5/c26-21(15-6-2-1-3-7-15)16-10-11-17(24-22(27)19-8-4-12-29-19)18(14-16)25-23(28)20-9-5-13-30-20/h1-3,6-7,10-11,14,19-20H,4-5,8-9,12-13H2,(H,24,27)(H,25,28). The smallest absolute Gasteiger partial charge is 0.253 e. The number of amides is 2. The van der Waals surface area contributed by atoms with Gasteiger partial charge in [0.05, 0.1) is 11.4 Å². The number of benzene rings is 2. The Hall–Kier alpha value is -3.03. The molecule has 2 saturated heterocycles. The third-order valence-corrected chi connectivity index (χ3v) is 5.28. The Morgan fingerprint density at radius 1 is 0.733 bits per heavy atom. The lowest BCUT2D eigenvalue weighted by atomic mass is 10.0. The molecule has 0 aliphatic carbocycles. The summed E-state index contributed by atoms with van der Waals surface area (Å²) in [4.78, 5) is 37.9. The number of carbonyl (C=O) groups is 3. The minimum absolute atomic E-state index is 0.166. The third-order valence-electron chi connectivity index (χ3n) is 5.28. The lowest BCUT2D eigenvalue weighted by Gasteiger charge is -2.17. The quantitative estimate of drug-likeness (QED) is 0.716.